The third-order valence-electron chi connectivity index (χ3n) is 6.89. The topological polar surface area (TPSA) is 99.5 Å². The van der Waals surface area contributed by atoms with Gasteiger partial charge in [-0.3, -0.25) is 9.59 Å². The van der Waals surface area contributed by atoms with Crippen LogP contribution >= 0.6 is 0 Å². The van der Waals surface area contributed by atoms with Crippen molar-refractivity contribution >= 4 is 11.4 Å². The SMILES string of the molecule is Cc1cc(-c2cn3nc(C(=O)NC(c4ccc(F)cc4)C(C)(C)O)c(C4CC4)c3c(=O)[nH]2)ccc1C(F)(F)F. The molecule has 0 bridgehead atoms. The fraction of sp³-hybridized carbons (Fsp3) is 0.321. The number of nitrogens with zero attached hydrogens (tertiary/aromatic N) is 2. The Hall–Kier alpha value is -3.99. The summed E-state index contributed by atoms with van der Waals surface area (Å²) in [5.41, 5.74) is -0.992. The van der Waals surface area contributed by atoms with Crippen molar-refractivity contribution in [3.63, 3.8) is 0 Å². The molecule has 1 saturated carbocycles. The Kier molecular flexibility index (Phi) is 6.37. The number of carbonyl (C=O) groups excluding carboxylic acids is 1. The molecule has 3 N–H and O–H groups in total. The van der Waals surface area contributed by atoms with Crippen LogP contribution in [0.15, 0.2) is 53.5 Å². The van der Waals surface area contributed by atoms with Crippen LogP contribution in [0.3, 0.4) is 0 Å². The molecule has 1 amide bonds. The Bertz CT molecular complexity index is 1630. The number of rotatable bonds is 6. The van der Waals surface area contributed by atoms with Crippen LogP contribution in [-0.4, -0.2) is 31.2 Å². The quantitative estimate of drug-likeness (QED) is 0.289. The first-order chi connectivity index (χ1) is 18.2. The lowest BCUT2D eigenvalue weighted by Gasteiger charge is -2.30. The summed E-state index contributed by atoms with van der Waals surface area (Å²) in [5, 5.41) is 18.0. The number of halogens is 4. The molecule has 5 rings (SSSR count). The molecule has 2 heterocycles. The summed E-state index contributed by atoms with van der Waals surface area (Å²) in [7, 11) is 0. The van der Waals surface area contributed by atoms with Gasteiger partial charge in [0.05, 0.1) is 29.1 Å². The number of aromatic amines is 1. The van der Waals surface area contributed by atoms with Gasteiger partial charge in [0.25, 0.3) is 11.5 Å². The van der Waals surface area contributed by atoms with Crippen molar-refractivity contribution < 1.29 is 27.5 Å². The van der Waals surface area contributed by atoms with E-state index >= 15 is 0 Å². The van der Waals surface area contributed by atoms with Gasteiger partial charge in [0.15, 0.2) is 5.69 Å². The van der Waals surface area contributed by atoms with E-state index in [-0.39, 0.29) is 28.4 Å². The van der Waals surface area contributed by atoms with Crippen LogP contribution in [0.4, 0.5) is 17.6 Å². The number of nitrogens with one attached hydrogen (secondary N) is 2. The monoisotopic (exact) mass is 542 g/mol. The minimum absolute atomic E-state index is 0.00130. The largest absolute Gasteiger partial charge is 0.416 e. The van der Waals surface area contributed by atoms with Gasteiger partial charge >= 0.3 is 6.18 Å². The Morgan fingerprint density at radius 1 is 1.15 bits per heavy atom. The zero-order valence-corrected chi connectivity index (χ0v) is 21.4. The van der Waals surface area contributed by atoms with Crippen LogP contribution in [0, 0.1) is 12.7 Å². The Labute approximate surface area is 220 Å². The molecule has 1 aliphatic carbocycles. The molecule has 39 heavy (non-hydrogen) atoms. The number of benzene rings is 2. The smallest absolute Gasteiger partial charge is 0.388 e. The average molecular weight is 543 g/mol. The standard InChI is InChI=1S/C28H26F4N4O3/c1-14-12-17(8-11-19(14)28(30,31)32)20-13-36-23(26(38)33-20)21(15-4-5-15)22(35-36)25(37)34-24(27(2,3)39)16-6-9-18(29)10-7-16/h6-13,15,24,39H,4-5H2,1-3H3,(H,33,38)(H,34,37). The van der Waals surface area contributed by atoms with Gasteiger partial charge in [0, 0.05) is 5.56 Å². The average Bonchev–Trinajstić information content (AvgIpc) is 3.60. The first-order valence-corrected chi connectivity index (χ1v) is 12.4. The molecule has 7 nitrogen and oxygen atoms in total. The number of aryl methyl sites for hydroxylation is 1. The van der Waals surface area contributed by atoms with Crippen molar-refractivity contribution in [1.29, 1.82) is 0 Å². The molecule has 1 atom stereocenters. The van der Waals surface area contributed by atoms with Gasteiger partial charge in [-0.15, -0.1) is 0 Å². The van der Waals surface area contributed by atoms with Crippen LogP contribution in [0.25, 0.3) is 16.8 Å². The molecule has 0 radical (unpaired) electrons. The molecular weight excluding hydrogens is 516 g/mol. The third kappa shape index (κ3) is 5.18. The zero-order valence-electron chi connectivity index (χ0n) is 21.4. The Morgan fingerprint density at radius 2 is 1.82 bits per heavy atom. The van der Waals surface area contributed by atoms with E-state index in [1.54, 1.807) is 0 Å². The second-order valence-electron chi connectivity index (χ2n) is 10.5. The molecule has 1 aliphatic rings. The Balaban J connectivity index is 1.56. The summed E-state index contributed by atoms with van der Waals surface area (Å²) in [6.07, 6.45) is -1.52. The maximum Gasteiger partial charge on any atom is 0.416 e. The van der Waals surface area contributed by atoms with E-state index in [0.717, 1.165) is 18.9 Å². The molecule has 1 unspecified atom stereocenters. The van der Waals surface area contributed by atoms with Crippen LogP contribution in [0.1, 0.15) is 71.4 Å². The molecule has 11 heteroatoms. The minimum atomic E-state index is -4.50. The molecular formula is C28H26F4N4O3. The van der Waals surface area contributed by atoms with E-state index in [4.69, 9.17) is 0 Å². The number of aliphatic hydroxyl groups is 1. The summed E-state index contributed by atoms with van der Waals surface area (Å²) in [6.45, 7) is 4.36. The van der Waals surface area contributed by atoms with Crippen LogP contribution in [-0.2, 0) is 6.18 Å². The summed E-state index contributed by atoms with van der Waals surface area (Å²) >= 11 is 0. The van der Waals surface area contributed by atoms with E-state index in [1.807, 2.05) is 0 Å². The van der Waals surface area contributed by atoms with Crippen molar-refractivity contribution in [3.05, 3.63) is 92.8 Å². The van der Waals surface area contributed by atoms with E-state index in [2.05, 4.69) is 15.4 Å². The Morgan fingerprint density at radius 3 is 2.38 bits per heavy atom. The highest BCUT2D eigenvalue weighted by Gasteiger charge is 2.37. The highest BCUT2D eigenvalue weighted by atomic mass is 19.4. The van der Waals surface area contributed by atoms with E-state index in [0.29, 0.717) is 16.7 Å². The van der Waals surface area contributed by atoms with Gasteiger partial charge in [-0.1, -0.05) is 18.2 Å². The fourth-order valence-electron chi connectivity index (χ4n) is 4.85. The van der Waals surface area contributed by atoms with Crippen LogP contribution < -0.4 is 10.9 Å². The van der Waals surface area contributed by atoms with Gasteiger partial charge < -0.3 is 15.4 Å². The maximum atomic E-state index is 13.5. The predicted molar refractivity (Wildman–Crippen MR) is 136 cm³/mol. The molecule has 204 valence electrons. The zero-order chi connectivity index (χ0) is 28.3. The van der Waals surface area contributed by atoms with Crippen LogP contribution in [0.5, 0.6) is 0 Å². The lowest BCUT2D eigenvalue weighted by Crippen LogP contribution is -2.42. The number of carbonyl (C=O) groups is 1. The van der Waals surface area contributed by atoms with Gasteiger partial charge in [-0.25, -0.2) is 8.91 Å². The molecule has 4 aromatic rings. The van der Waals surface area contributed by atoms with Crippen molar-refractivity contribution in [2.24, 2.45) is 0 Å². The number of hydrogen-bond donors (Lipinski definition) is 3. The van der Waals surface area contributed by atoms with Crippen molar-refractivity contribution in [3.8, 4) is 11.3 Å². The van der Waals surface area contributed by atoms with E-state index in [9.17, 15) is 32.3 Å². The second-order valence-corrected chi connectivity index (χ2v) is 10.5. The summed E-state index contributed by atoms with van der Waals surface area (Å²) in [5.74, 6) is -1.15. The number of hydrogen-bond acceptors (Lipinski definition) is 4. The first-order valence-electron chi connectivity index (χ1n) is 12.4. The first kappa shape index (κ1) is 26.6. The van der Waals surface area contributed by atoms with E-state index < -0.39 is 40.7 Å². The fourth-order valence-corrected chi connectivity index (χ4v) is 4.85. The van der Waals surface area contributed by atoms with Gasteiger partial charge in [-0.05, 0) is 80.5 Å². The van der Waals surface area contributed by atoms with Crippen molar-refractivity contribution in [2.75, 3.05) is 0 Å². The molecule has 2 aromatic carbocycles. The number of amides is 1. The van der Waals surface area contributed by atoms with Gasteiger partial charge in [0.2, 0.25) is 0 Å². The number of fused-ring (bicyclic) bond motifs is 1. The van der Waals surface area contributed by atoms with Crippen LogP contribution in [0.2, 0.25) is 0 Å². The predicted octanol–water partition coefficient (Wildman–Crippen LogP) is 5.28. The molecule has 0 spiro atoms. The molecule has 2 aromatic heterocycles. The normalized spacial score (nSPS) is 15.0. The highest BCUT2D eigenvalue weighted by molar-refractivity contribution is 5.96. The van der Waals surface area contributed by atoms with E-state index in [1.165, 1.54) is 67.9 Å². The van der Waals surface area contributed by atoms with Gasteiger partial charge in [0.1, 0.15) is 11.3 Å². The lowest BCUT2D eigenvalue weighted by molar-refractivity contribution is -0.138. The second kappa shape index (κ2) is 9.33. The lowest BCUT2D eigenvalue weighted by atomic mass is 9.91. The van der Waals surface area contributed by atoms with Crippen molar-refractivity contribution in [2.45, 2.75) is 57.3 Å². The molecule has 0 saturated heterocycles. The minimum Gasteiger partial charge on any atom is -0.388 e. The maximum absolute atomic E-state index is 13.5. The number of alkyl halides is 3. The number of H-pyrrole nitrogens is 1. The summed E-state index contributed by atoms with van der Waals surface area (Å²) in [6, 6.07) is 8.02. The number of aromatic nitrogens is 3. The highest BCUT2D eigenvalue weighted by Crippen LogP contribution is 2.43. The molecule has 0 aliphatic heterocycles. The van der Waals surface area contributed by atoms with Gasteiger partial charge in [-0.2, -0.15) is 18.3 Å². The third-order valence-corrected chi connectivity index (χ3v) is 6.89. The van der Waals surface area contributed by atoms with Crippen molar-refractivity contribution in [1.82, 2.24) is 19.9 Å². The molecule has 1 fully saturated rings. The summed E-state index contributed by atoms with van der Waals surface area (Å²) < 4.78 is 54.4. The summed E-state index contributed by atoms with van der Waals surface area (Å²) in [4.78, 5) is 29.4.